The molecule has 0 spiro atoms. The van der Waals surface area contributed by atoms with Crippen molar-refractivity contribution >= 4 is 10.0 Å². The molecule has 1 atom stereocenters. The Kier molecular flexibility index (Phi) is 4.76. The zero-order valence-corrected chi connectivity index (χ0v) is 12.9. The number of aliphatic hydroxyl groups is 1. The number of sulfonamides is 1. The van der Waals surface area contributed by atoms with E-state index < -0.39 is 10.0 Å². The molecule has 3 N–H and O–H groups in total. The van der Waals surface area contributed by atoms with Crippen molar-refractivity contribution in [2.24, 2.45) is 5.41 Å². The molecule has 1 rings (SSSR count). The number of H-pyrrole nitrogens is 1. The first-order valence-corrected chi connectivity index (χ1v) is 7.72. The Labute approximate surface area is 114 Å². The lowest BCUT2D eigenvalue weighted by molar-refractivity contribution is 0.214. The topological polar surface area (TPSA) is 95.1 Å². The number of aromatic amines is 1. The SMILES string of the molecule is Cc1n[nH]c(C)c1S(=O)(=O)NC(CCO)C(C)(C)C. The van der Waals surface area contributed by atoms with Crippen LogP contribution in [0.15, 0.2) is 4.90 Å². The number of hydrogen-bond acceptors (Lipinski definition) is 4. The molecular formula is C12H23N3O3S. The van der Waals surface area contributed by atoms with E-state index in [0.29, 0.717) is 17.8 Å². The van der Waals surface area contributed by atoms with Crippen LogP contribution in [0.4, 0.5) is 0 Å². The molecule has 0 saturated carbocycles. The minimum absolute atomic E-state index is 0.0617. The van der Waals surface area contributed by atoms with Crippen LogP contribution in [-0.4, -0.2) is 36.4 Å². The summed E-state index contributed by atoms with van der Waals surface area (Å²) < 4.78 is 27.5. The normalized spacial score (nSPS) is 14.6. The molecule has 6 nitrogen and oxygen atoms in total. The Morgan fingerprint density at radius 2 is 1.95 bits per heavy atom. The molecule has 0 radical (unpaired) electrons. The van der Waals surface area contributed by atoms with Crippen LogP contribution >= 0.6 is 0 Å². The smallest absolute Gasteiger partial charge is 0.244 e. The highest BCUT2D eigenvalue weighted by atomic mass is 32.2. The lowest BCUT2D eigenvalue weighted by Crippen LogP contribution is -2.44. The van der Waals surface area contributed by atoms with E-state index in [1.165, 1.54) is 0 Å². The fourth-order valence-corrected chi connectivity index (χ4v) is 3.83. The van der Waals surface area contributed by atoms with Gasteiger partial charge < -0.3 is 5.11 Å². The molecule has 0 fully saturated rings. The van der Waals surface area contributed by atoms with E-state index in [9.17, 15) is 8.42 Å². The summed E-state index contributed by atoms with van der Waals surface area (Å²) in [5, 5.41) is 15.7. The summed E-state index contributed by atoms with van der Waals surface area (Å²) in [4.78, 5) is 0.194. The van der Waals surface area contributed by atoms with Crippen LogP contribution in [0.1, 0.15) is 38.6 Å². The number of nitrogens with one attached hydrogen (secondary N) is 2. The van der Waals surface area contributed by atoms with Gasteiger partial charge in [-0.1, -0.05) is 20.8 Å². The highest BCUT2D eigenvalue weighted by Crippen LogP contribution is 2.25. The third-order valence-corrected chi connectivity index (χ3v) is 4.82. The van der Waals surface area contributed by atoms with E-state index in [-0.39, 0.29) is 23.0 Å². The van der Waals surface area contributed by atoms with Gasteiger partial charge in [0.05, 0.1) is 11.4 Å². The summed E-state index contributed by atoms with van der Waals surface area (Å²) in [5.74, 6) is 0. The van der Waals surface area contributed by atoms with Crippen molar-refractivity contribution in [2.45, 2.75) is 52.0 Å². The third-order valence-electron chi connectivity index (χ3n) is 3.09. The van der Waals surface area contributed by atoms with Crippen LogP contribution in [0.25, 0.3) is 0 Å². The second-order valence-electron chi connectivity index (χ2n) is 5.82. The van der Waals surface area contributed by atoms with Crippen molar-refractivity contribution in [3.05, 3.63) is 11.4 Å². The van der Waals surface area contributed by atoms with Crippen LogP contribution in [0.5, 0.6) is 0 Å². The van der Waals surface area contributed by atoms with Gasteiger partial charge in [-0.15, -0.1) is 0 Å². The molecule has 1 aromatic heterocycles. The van der Waals surface area contributed by atoms with E-state index in [1.54, 1.807) is 13.8 Å². The molecule has 1 unspecified atom stereocenters. The van der Waals surface area contributed by atoms with E-state index in [0.717, 1.165) is 0 Å². The Hall–Kier alpha value is -0.920. The minimum atomic E-state index is -3.64. The Morgan fingerprint density at radius 1 is 1.37 bits per heavy atom. The summed E-state index contributed by atoms with van der Waals surface area (Å²) >= 11 is 0. The molecule has 1 aromatic rings. The molecular weight excluding hydrogens is 266 g/mol. The number of aryl methyl sites for hydroxylation is 2. The molecule has 0 amide bonds. The van der Waals surface area contributed by atoms with Gasteiger partial charge in [-0.25, -0.2) is 13.1 Å². The monoisotopic (exact) mass is 289 g/mol. The fourth-order valence-electron chi connectivity index (χ4n) is 1.98. The Balaban J connectivity index is 3.08. The Bertz CT molecular complexity index is 509. The first kappa shape index (κ1) is 16.1. The van der Waals surface area contributed by atoms with Crippen molar-refractivity contribution in [3.8, 4) is 0 Å². The second-order valence-corrected chi connectivity index (χ2v) is 7.47. The van der Waals surface area contributed by atoms with Crippen molar-refractivity contribution in [2.75, 3.05) is 6.61 Å². The number of aliphatic hydroxyl groups excluding tert-OH is 1. The number of aromatic nitrogens is 2. The maximum Gasteiger partial charge on any atom is 0.244 e. The van der Waals surface area contributed by atoms with Crippen LogP contribution < -0.4 is 4.72 Å². The standard InChI is InChI=1S/C12H23N3O3S/c1-8-11(9(2)14-13-8)19(17,18)15-10(6-7-16)12(3,4)5/h10,15-16H,6-7H2,1-5H3,(H,13,14). The van der Waals surface area contributed by atoms with Crippen LogP contribution in [0.2, 0.25) is 0 Å². The molecule has 0 aliphatic rings. The summed E-state index contributed by atoms with van der Waals surface area (Å²) in [7, 11) is -3.64. The predicted molar refractivity (Wildman–Crippen MR) is 73.3 cm³/mol. The second kappa shape index (κ2) is 5.60. The highest BCUT2D eigenvalue weighted by molar-refractivity contribution is 7.89. The van der Waals surface area contributed by atoms with Gasteiger partial charge in [-0.3, -0.25) is 5.10 Å². The maximum absolute atomic E-state index is 12.4. The lowest BCUT2D eigenvalue weighted by atomic mass is 9.86. The van der Waals surface area contributed by atoms with Gasteiger partial charge in [-0.2, -0.15) is 5.10 Å². The maximum atomic E-state index is 12.4. The van der Waals surface area contributed by atoms with Gasteiger partial charge in [0.1, 0.15) is 4.90 Å². The average Bonchev–Trinajstić information content (AvgIpc) is 2.56. The quantitative estimate of drug-likeness (QED) is 0.756. The summed E-state index contributed by atoms with van der Waals surface area (Å²) in [6, 6.07) is -0.337. The van der Waals surface area contributed by atoms with Gasteiger partial charge in [0, 0.05) is 12.6 Å². The van der Waals surface area contributed by atoms with Crippen LogP contribution in [0, 0.1) is 19.3 Å². The zero-order valence-electron chi connectivity index (χ0n) is 12.1. The van der Waals surface area contributed by atoms with Crippen molar-refractivity contribution < 1.29 is 13.5 Å². The summed E-state index contributed by atoms with van der Waals surface area (Å²) in [5.41, 5.74) is 0.685. The molecule has 7 heteroatoms. The molecule has 0 aliphatic carbocycles. The van der Waals surface area contributed by atoms with E-state index in [2.05, 4.69) is 14.9 Å². The molecule has 0 bridgehead atoms. The van der Waals surface area contributed by atoms with E-state index in [1.807, 2.05) is 20.8 Å². The molecule has 1 heterocycles. The van der Waals surface area contributed by atoms with Crippen molar-refractivity contribution in [1.82, 2.24) is 14.9 Å². The predicted octanol–water partition coefficient (Wildman–Crippen LogP) is 1.10. The number of rotatable bonds is 5. The molecule has 0 aliphatic heterocycles. The largest absolute Gasteiger partial charge is 0.396 e. The minimum Gasteiger partial charge on any atom is -0.396 e. The zero-order chi connectivity index (χ0) is 14.8. The van der Waals surface area contributed by atoms with E-state index >= 15 is 0 Å². The van der Waals surface area contributed by atoms with Crippen molar-refractivity contribution in [3.63, 3.8) is 0 Å². The van der Waals surface area contributed by atoms with Crippen molar-refractivity contribution in [1.29, 1.82) is 0 Å². The highest BCUT2D eigenvalue weighted by Gasteiger charge is 2.31. The van der Waals surface area contributed by atoms with Gasteiger partial charge in [-0.05, 0) is 25.7 Å². The molecule has 0 saturated heterocycles. The van der Waals surface area contributed by atoms with Gasteiger partial charge >= 0.3 is 0 Å². The first-order valence-electron chi connectivity index (χ1n) is 6.24. The summed E-state index contributed by atoms with van der Waals surface area (Å²) in [6.45, 7) is 9.07. The molecule has 110 valence electrons. The van der Waals surface area contributed by atoms with Crippen LogP contribution in [0.3, 0.4) is 0 Å². The average molecular weight is 289 g/mol. The van der Waals surface area contributed by atoms with Gasteiger partial charge in [0.25, 0.3) is 0 Å². The number of nitrogens with zero attached hydrogens (tertiary/aromatic N) is 1. The van der Waals surface area contributed by atoms with Gasteiger partial charge in [0.15, 0.2) is 0 Å². The first-order chi connectivity index (χ1) is 8.59. The summed E-state index contributed by atoms with van der Waals surface area (Å²) in [6.07, 6.45) is 0.374. The third kappa shape index (κ3) is 3.77. The van der Waals surface area contributed by atoms with Gasteiger partial charge in [0.2, 0.25) is 10.0 Å². The molecule has 19 heavy (non-hydrogen) atoms. The lowest BCUT2D eigenvalue weighted by Gasteiger charge is -2.30. The fraction of sp³-hybridized carbons (Fsp3) is 0.750. The molecule has 0 aromatic carbocycles. The Morgan fingerprint density at radius 3 is 2.32 bits per heavy atom. The number of hydrogen-bond donors (Lipinski definition) is 3. The van der Waals surface area contributed by atoms with Crippen LogP contribution in [-0.2, 0) is 10.0 Å². The van der Waals surface area contributed by atoms with E-state index in [4.69, 9.17) is 5.11 Å².